The first-order chi connectivity index (χ1) is 8.26. The molecule has 0 aromatic heterocycles. The Morgan fingerprint density at radius 2 is 2.24 bits per heavy atom. The molecule has 2 atom stereocenters. The minimum Gasteiger partial charge on any atom is -0.379 e. The minimum absolute atomic E-state index is 0.195. The van der Waals surface area contributed by atoms with Crippen LogP contribution in [0.3, 0.4) is 0 Å². The van der Waals surface area contributed by atoms with Crippen molar-refractivity contribution in [3.8, 4) is 6.07 Å². The molecule has 0 aromatic carbocycles. The van der Waals surface area contributed by atoms with Gasteiger partial charge >= 0.3 is 0 Å². The molecule has 1 rings (SSSR count). The third kappa shape index (κ3) is 4.63. The third-order valence-electron chi connectivity index (χ3n) is 3.33. The number of ether oxygens (including phenoxy) is 2. The molecule has 0 aromatic rings. The highest BCUT2D eigenvalue weighted by Crippen LogP contribution is 2.29. The number of hydrogen-bond acceptors (Lipinski definition) is 4. The van der Waals surface area contributed by atoms with E-state index < -0.39 is 0 Å². The highest BCUT2D eigenvalue weighted by Gasteiger charge is 2.35. The van der Waals surface area contributed by atoms with Crippen LogP contribution in [0.25, 0.3) is 0 Å². The summed E-state index contributed by atoms with van der Waals surface area (Å²) >= 11 is 0. The number of nitriles is 1. The van der Waals surface area contributed by atoms with Gasteiger partial charge in [0.05, 0.1) is 25.4 Å². The van der Waals surface area contributed by atoms with Gasteiger partial charge in [0.1, 0.15) is 5.54 Å². The second kappa shape index (κ2) is 7.65. The van der Waals surface area contributed by atoms with Gasteiger partial charge in [0.25, 0.3) is 0 Å². The van der Waals surface area contributed by atoms with Crippen molar-refractivity contribution in [2.24, 2.45) is 0 Å². The van der Waals surface area contributed by atoms with Crippen LogP contribution in [0.4, 0.5) is 0 Å². The van der Waals surface area contributed by atoms with Crippen LogP contribution >= 0.6 is 0 Å². The Labute approximate surface area is 104 Å². The highest BCUT2D eigenvalue weighted by molar-refractivity contribution is 5.09. The lowest BCUT2D eigenvalue weighted by Crippen LogP contribution is -2.47. The van der Waals surface area contributed by atoms with Crippen LogP contribution in [0.2, 0.25) is 0 Å². The second-order valence-corrected chi connectivity index (χ2v) is 4.65. The predicted octanol–water partition coefficient (Wildman–Crippen LogP) is 1.85. The Morgan fingerprint density at radius 3 is 2.88 bits per heavy atom. The van der Waals surface area contributed by atoms with Crippen molar-refractivity contribution < 1.29 is 9.47 Å². The van der Waals surface area contributed by atoms with E-state index in [2.05, 4.69) is 18.3 Å². The van der Waals surface area contributed by atoms with Crippen LogP contribution in [-0.4, -0.2) is 38.5 Å². The summed E-state index contributed by atoms with van der Waals surface area (Å²) in [5, 5.41) is 12.3. The molecule has 1 aliphatic rings. The summed E-state index contributed by atoms with van der Waals surface area (Å²) in [7, 11) is 1.86. The maximum atomic E-state index is 9.21. The van der Waals surface area contributed by atoms with Gasteiger partial charge in [-0.3, -0.25) is 0 Å². The standard InChI is InChI=1S/C13H24N2O2/c1-3-7-16-8-9-17-12-5-4-6-13(10-12,11-14)15-2/h12,15H,3-10H2,1-2H3. The van der Waals surface area contributed by atoms with E-state index in [0.29, 0.717) is 13.2 Å². The highest BCUT2D eigenvalue weighted by atomic mass is 16.5. The van der Waals surface area contributed by atoms with Crippen LogP contribution in [-0.2, 0) is 9.47 Å². The summed E-state index contributed by atoms with van der Waals surface area (Å²) in [6, 6.07) is 2.39. The maximum Gasteiger partial charge on any atom is 0.109 e. The van der Waals surface area contributed by atoms with Gasteiger partial charge in [0.15, 0.2) is 0 Å². The molecule has 1 N–H and O–H groups in total. The molecule has 4 heteroatoms. The molecule has 17 heavy (non-hydrogen) atoms. The lowest BCUT2D eigenvalue weighted by Gasteiger charge is -2.35. The molecule has 4 nitrogen and oxygen atoms in total. The average molecular weight is 240 g/mol. The van der Waals surface area contributed by atoms with Crippen molar-refractivity contribution in [1.82, 2.24) is 5.32 Å². The topological polar surface area (TPSA) is 54.3 Å². The number of hydrogen-bond donors (Lipinski definition) is 1. The first-order valence-electron chi connectivity index (χ1n) is 6.56. The summed E-state index contributed by atoms with van der Waals surface area (Å²) in [5.74, 6) is 0. The Hall–Kier alpha value is -0.630. The van der Waals surface area contributed by atoms with Crippen LogP contribution < -0.4 is 5.32 Å². The zero-order valence-corrected chi connectivity index (χ0v) is 11.0. The van der Waals surface area contributed by atoms with E-state index in [9.17, 15) is 5.26 Å². The molecule has 98 valence electrons. The first kappa shape index (κ1) is 14.4. The Balaban J connectivity index is 2.23. The van der Waals surface area contributed by atoms with Crippen LogP contribution in [0.5, 0.6) is 0 Å². The average Bonchev–Trinajstić information content (AvgIpc) is 2.39. The molecular formula is C13H24N2O2. The lowest BCUT2D eigenvalue weighted by molar-refractivity contribution is -0.0213. The van der Waals surface area contributed by atoms with Gasteiger partial charge in [-0.15, -0.1) is 0 Å². The molecule has 0 spiro atoms. The molecule has 0 aliphatic heterocycles. The maximum absolute atomic E-state index is 9.21. The molecular weight excluding hydrogens is 216 g/mol. The molecule has 0 heterocycles. The van der Waals surface area contributed by atoms with Crippen LogP contribution in [0.15, 0.2) is 0 Å². The lowest BCUT2D eigenvalue weighted by atomic mass is 9.81. The molecule has 0 saturated heterocycles. The quantitative estimate of drug-likeness (QED) is 0.690. The van der Waals surface area contributed by atoms with Crippen molar-refractivity contribution >= 4 is 0 Å². The Morgan fingerprint density at radius 1 is 1.41 bits per heavy atom. The van der Waals surface area contributed by atoms with Gasteiger partial charge in [-0.2, -0.15) is 5.26 Å². The van der Waals surface area contributed by atoms with Gasteiger partial charge in [0, 0.05) is 13.0 Å². The van der Waals surface area contributed by atoms with Crippen molar-refractivity contribution in [3.63, 3.8) is 0 Å². The van der Waals surface area contributed by atoms with E-state index in [1.165, 1.54) is 0 Å². The normalized spacial score (nSPS) is 28.9. The van der Waals surface area contributed by atoms with E-state index in [-0.39, 0.29) is 11.6 Å². The van der Waals surface area contributed by atoms with Crippen molar-refractivity contribution in [2.75, 3.05) is 26.9 Å². The number of nitrogens with one attached hydrogen (secondary N) is 1. The van der Waals surface area contributed by atoms with Crippen molar-refractivity contribution in [3.05, 3.63) is 0 Å². The summed E-state index contributed by atoms with van der Waals surface area (Å²) < 4.78 is 11.1. The van der Waals surface area contributed by atoms with Crippen molar-refractivity contribution in [1.29, 1.82) is 5.26 Å². The fraction of sp³-hybridized carbons (Fsp3) is 0.923. The summed E-state index contributed by atoms with van der Waals surface area (Å²) in [6.45, 7) is 4.18. The third-order valence-corrected chi connectivity index (χ3v) is 3.33. The van der Waals surface area contributed by atoms with Gasteiger partial charge in [-0.05, 0) is 32.7 Å². The number of rotatable bonds is 7. The van der Waals surface area contributed by atoms with E-state index in [0.717, 1.165) is 38.7 Å². The summed E-state index contributed by atoms with van der Waals surface area (Å²) in [5.41, 5.74) is -0.382. The fourth-order valence-electron chi connectivity index (χ4n) is 2.27. The molecule has 0 amide bonds. The van der Waals surface area contributed by atoms with E-state index in [1.54, 1.807) is 0 Å². The number of nitrogens with zero attached hydrogens (tertiary/aromatic N) is 1. The largest absolute Gasteiger partial charge is 0.379 e. The summed E-state index contributed by atoms with van der Waals surface area (Å²) in [4.78, 5) is 0. The SMILES string of the molecule is CCCOCCOC1CCCC(C#N)(NC)C1. The molecule has 1 fully saturated rings. The van der Waals surface area contributed by atoms with Crippen LogP contribution in [0.1, 0.15) is 39.0 Å². The molecule has 0 radical (unpaired) electrons. The minimum atomic E-state index is -0.382. The molecule has 1 saturated carbocycles. The van der Waals surface area contributed by atoms with Crippen molar-refractivity contribution in [2.45, 2.75) is 50.7 Å². The van der Waals surface area contributed by atoms with Gasteiger partial charge < -0.3 is 14.8 Å². The van der Waals surface area contributed by atoms with Gasteiger partial charge in [0.2, 0.25) is 0 Å². The molecule has 2 unspecified atom stereocenters. The second-order valence-electron chi connectivity index (χ2n) is 4.65. The van der Waals surface area contributed by atoms with Gasteiger partial charge in [-0.1, -0.05) is 6.92 Å². The zero-order valence-electron chi connectivity index (χ0n) is 11.0. The fourth-order valence-corrected chi connectivity index (χ4v) is 2.27. The molecule has 0 bridgehead atoms. The predicted molar refractivity (Wildman–Crippen MR) is 66.7 cm³/mol. The monoisotopic (exact) mass is 240 g/mol. The Bertz CT molecular complexity index is 252. The van der Waals surface area contributed by atoms with E-state index in [4.69, 9.17) is 9.47 Å². The summed E-state index contributed by atoms with van der Waals surface area (Å²) in [6.07, 6.45) is 5.05. The first-order valence-corrected chi connectivity index (χ1v) is 6.56. The van der Waals surface area contributed by atoms with E-state index in [1.807, 2.05) is 7.05 Å². The van der Waals surface area contributed by atoms with Crippen LogP contribution in [0, 0.1) is 11.3 Å². The molecule has 1 aliphatic carbocycles. The Kier molecular flexibility index (Phi) is 6.49. The van der Waals surface area contributed by atoms with E-state index >= 15 is 0 Å². The zero-order chi connectivity index (χ0) is 12.6. The van der Waals surface area contributed by atoms with Gasteiger partial charge in [-0.25, -0.2) is 0 Å². The smallest absolute Gasteiger partial charge is 0.109 e.